The van der Waals surface area contributed by atoms with E-state index in [0.717, 1.165) is 11.1 Å². The van der Waals surface area contributed by atoms with Crippen molar-refractivity contribution in [3.8, 4) is 0 Å². The van der Waals surface area contributed by atoms with E-state index in [9.17, 15) is 19.2 Å². The maximum atomic E-state index is 12.1. The molecule has 3 heterocycles. The lowest BCUT2D eigenvalue weighted by Gasteiger charge is -2.36. The van der Waals surface area contributed by atoms with Crippen LogP contribution < -0.4 is 10.2 Å². The van der Waals surface area contributed by atoms with E-state index in [-0.39, 0.29) is 30.9 Å². The van der Waals surface area contributed by atoms with E-state index >= 15 is 0 Å². The third kappa shape index (κ3) is 3.80. The van der Waals surface area contributed by atoms with Crippen LogP contribution in [0.1, 0.15) is 18.9 Å². The summed E-state index contributed by atoms with van der Waals surface area (Å²) < 4.78 is 10.2. The summed E-state index contributed by atoms with van der Waals surface area (Å²) in [6.45, 7) is 2.22. The van der Waals surface area contributed by atoms with E-state index in [1.165, 1.54) is 11.8 Å². The van der Waals surface area contributed by atoms with Crippen molar-refractivity contribution in [2.75, 3.05) is 31.1 Å². The van der Waals surface area contributed by atoms with Gasteiger partial charge in [0, 0.05) is 25.6 Å². The van der Waals surface area contributed by atoms with Gasteiger partial charge in [-0.2, -0.15) is 0 Å². The maximum Gasteiger partial charge on any atom is 0.414 e. The SMILES string of the molecule is CC(=O)NCC1CN(c2ccc(C3=CCN4C(=O)COC(=O)C4C3)cc2)C(=O)O1. The lowest BCUT2D eigenvalue weighted by Crippen LogP contribution is -2.53. The van der Waals surface area contributed by atoms with Gasteiger partial charge in [0.15, 0.2) is 6.61 Å². The Hall–Kier alpha value is -3.36. The van der Waals surface area contributed by atoms with Crippen LogP contribution in [0.2, 0.25) is 0 Å². The van der Waals surface area contributed by atoms with E-state index in [1.807, 2.05) is 30.3 Å². The topological polar surface area (TPSA) is 105 Å². The molecular formula is C20H21N3O6. The lowest BCUT2D eigenvalue weighted by molar-refractivity contribution is -0.168. The van der Waals surface area contributed by atoms with Gasteiger partial charge in [0.2, 0.25) is 5.91 Å². The molecule has 1 N–H and O–H groups in total. The molecule has 9 nitrogen and oxygen atoms in total. The zero-order valence-corrected chi connectivity index (χ0v) is 15.9. The molecule has 2 saturated heterocycles. The van der Waals surface area contributed by atoms with E-state index < -0.39 is 18.2 Å². The molecule has 1 aromatic carbocycles. The Bertz CT molecular complexity index is 894. The Morgan fingerprint density at radius 2 is 1.97 bits per heavy atom. The minimum absolute atomic E-state index is 0.174. The molecule has 2 fully saturated rings. The molecular weight excluding hydrogens is 378 g/mol. The van der Waals surface area contributed by atoms with Crippen molar-refractivity contribution in [2.24, 2.45) is 0 Å². The number of anilines is 1. The third-order valence-corrected chi connectivity index (χ3v) is 5.26. The second kappa shape index (κ2) is 7.57. The summed E-state index contributed by atoms with van der Waals surface area (Å²) in [6.07, 6.45) is 1.49. The zero-order valence-electron chi connectivity index (χ0n) is 15.9. The molecule has 3 amide bonds. The van der Waals surface area contributed by atoms with Crippen LogP contribution in [0.3, 0.4) is 0 Å². The number of fused-ring (bicyclic) bond motifs is 1. The van der Waals surface area contributed by atoms with Gasteiger partial charge < -0.3 is 19.7 Å². The molecule has 3 aliphatic heterocycles. The fraction of sp³-hybridized carbons (Fsp3) is 0.400. The number of ether oxygens (including phenoxy) is 2. The van der Waals surface area contributed by atoms with E-state index in [0.29, 0.717) is 25.2 Å². The Morgan fingerprint density at radius 3 is 2.69 bits per heavy atom. The number of nitrogens with zero attached hydrogens (tertiary/aromatic N) is 2. The Kier molecular flexibility index (Phi) is 4.96. The molecule has 152 valence electrons. The molecule has 9 heteroatoms. The molecule has 3 aliphatic rings. The number of amides is 3. The fourth-order valence-corrected chi connectivity index (χ4v) is 3.72. The first-order chi connectivity index (χ1) is 13.9. The number of morpholine rings is 1. The van der Waals surface area contributed by atoms with Gasteiger partial charge in [-0.15, -0.1) is 0 Å². The van der Waals surface area contributed by atoms with Crippen molar-refractivity contribution in [1.82, 2.24) is 10.2 Å². The van der Waals surface area contributed by atoms with Crippen molar-refractivity contribution in [1.29, 1.82) is 0 Å². The summed E-state index contributed by atoms with van der Waals surface area (Å²) >= 11 is 0. The first-order valence-electron chi connectivity index (χ1n) is 9.40. The molecule has 0 spiro atoms. The first kappa shape index (κ1) is 19.0. The quantitative estimate of drug-likeness (QED) is 0.747. The summed E-state index contributed by atoms with van der Waals surface area (Å²) in [7, 11) is 0. The van der Waals surface area contributed by atoms with Crippen LogP contribution in [0.5, 0.6) is 0 Å². The summed E-state index contributed by atoms with van der Waals surface area (Å²) in [5.74, 6) is -0.731. The van der Waals surface area contributed by atoms with Gasteiger partial charge >= 0.3 is 12.1 Å². The number of esters is 1. The van der Waals surface area contributed by atoms with Crippen LogP contribution in [0.25, 0.3) is 5.57 Å². The highest BCUT2D eigenvalue weighted by molar-refractivity contribution is 5.93. The Labute approximate surface area is 167 Å². The smallest absolute Gasteiger partial charge is 0.414 e. The summed E-state index contributed by atoms with van der Waals surface area (Å²) in [5, 5.41) is 2.65. The number of hydrogen-bond donors (Lipinski definition) is 1. The van der Waals surface area contributed by atoms with Gasteiger partial charge in [-0.3, -0.25) is 14.5 Å². The van der Waals surface area contributed by atoms with Crippen LogP contribution in [-0.2, 0) is 23.9 Å². The van der Waals surface area contributed by atoms with Crippen molar-refractivity contribution >= 4 is 35.1 Å². The summed E-state index contributed by atoms with van der Waals surface area (Å²) in [4.78, 5) is 50.1. The van der Waals surface area contributed by atoms with Gasteiger partial charge in [-0.25, -0.2) is 9.59 Å². The zero-order chi connectivity index (χ0) is 20.5. The van der Waals surface area contributed by atoms with Gasteiger partial charge in [-0.05, 0) is 23.3 Å². The van der Waals surface area contributed by atoms with Crippen LogP contribution in [0.15, 0.2) is 30.3 Å². The summed E-state index contributed by atoms with van der Waals surface area (Å²) in [5.41, 5.74) is 2.56. The number of rotatable bonds is 4. The van der Waals surface area contributed by atoms with Crippen molar-refractivity contribution in [2.45, 2.75) is 25.5 Å². The lowest BCUT2D eigenvalue weighted by atomic mass is 9.93. The minimum Gasteiger partial charge on any atom is -0.454 e. The van der Waals surface area contributed by atoms with Gasteiger partial charge in [0.05, 0.1) is 13.1 Å². The van der Waals surface area contributed by atoms with Crippen molar-refractivity contribution in [3.05, 3.63) is 35.9 Å². The number of hydrogen-bond acceptors (Lipinski definition) is 6. The van der Waals surface area contributed by atoms with Crippen molar-refractivity contribution in [3.63, 3.8) is 0 Å². The van der Waals surface area contributed by atoms with Crippen LogP contribution in [0, 0.1) is 0 Å². The number of cyclic esters (lactones) is 2. The standard InChI is InChI=1S/C20H21N3O6/c1-12(24)21-9-16-10-23(20(27)29-16)15-4-2-13(3-5-15)14-6-7-22-17(8-14)19(26)28-11-18(22)25/h2-6,16-17H,7-11H2,1H3,(H,21,24). The largest absolute Gasteiger partial charge is 0.454 e. The molecule has 29 heavy (non-hydrogen) atoms. The van der Waals surface area contributed by atoms with E-state index in [2.05, 4.69) is 5.32 Å². The normalized spacial score (nSPS) is 23.9. The molecule has 2 unspecified atom stereocenters. The minimum atomic E-state index is -0.584. The highest BCUT2D eigenvalue weighted by Crippen LogP contribution is 2.31. The molecule has 0 aliphatic carbocycles. The average molecular weight is 399 g/mol. The Morgan fingerprint density at radius 1 is 1.21 bits per heavy atom. The predicted molar refractivity (Wildman–Crippen MR) is 102 cm³/mol. The van der Waals surface area contributed by atoms with Gasteiger partial charge in [-0.1, -0.05) is 18.2 Å². The maximum absolute atomic E-state index is 12.1. The third-order valence-electron chi connectivity index (χ3n) is 5.26. The second-order valence-electron chi connectivity index (χ2n) is 7.20. The van der Waals surface area contributed by atoms with Gasteiger partial charge in [0.25, 0.3) is 5.91 Å². The summed E-state index contributed by atoms with van der Waals surface area (Å²) in [6, 6.07) is 6.80. The highest BCUT2D eigenvalue weighted by Gasteiger charge is 2.38. The van der Waals surface area contributed by atoms with Crippen LogP contribution in [-0.4, -0.2) is 67.2 Å². The molecule has 0 saturated carbocycles. The predicted octanol–water partition coefficient (Wildman–Crippen LogP) is 0.689. The molecule has 0 aromatic heterocycles. The second-order valence-corrected chi connectivity index (χ2v) is 7.20. The molecule has 0 radical (unpaired) electrons. The number of carbonyl (C=O) groups is 4. The monoisotopic (exact) mass is 399 g/mol. The van der Waals surface area contributed by atoms with Crippen molar-refractivity contribution < 1.29 is 28.7 Å². The fourth-order valence-electron chi connectivity index (χ4n) is 3.72. The first-order valence-corrected chi connectivity index (χ1v) is 9.40. The Balaban J connectivity index is 1.44. The number of nitrogens with one attached hydrogen (secondary N) is 1. The number of carbonyl (C=O) groups excluding carboxylic acids is 4. The molecule has 0 bridgehead atoms. The molecule has 2 atom stereocenters. The number of benzene rings is 1. The van der Waals surface area contributed by atoms with Crippen LogP contribution in [0.4, 0.5) is 10.5 Å². The van der Waals surface area contributed by atoms with Gasteiger partial charge in [0.1, 0.15) is 12.1 Å². The molecule has 4 rings (SSSR count). The average Bonchev–Trinajstić information content (AvgIpc) is 3.10. The van der Waals surface area contributed by atoms with E-state index in [4.69, 9.17) is 9.47 Å². The van der Waals surface area contributed by atoms with E-state index in [1.54, 1.807) is 4.90 Å². The van der Waals surface area contributed by atoms with Crippen LogP contribution >= 0.6 is 0 Å². The molecule has 1 aromatic rings. The highest BCUT2D eigenvalue weighted by atomic mass is 16.6.